The maximum absolute atomic E-state index is 5.91. The minimum absolute atomic E-state index is 0.0919. The van der Waals surface area contributed by atoms with Gasteiger partial charge in [0.2, 0.25) is 0 Å². The minimum Gasteiger partial charge on any atom is -0.368 e. The number of halogens is 1. The third-order valence-electron chi connectivity index (χ3n) is 2.28. The zero-order chi connectivity index (χ0) is 11.5. The van der Waals surface area contributed by atoms with Crippen LogP contribution in [0.4, 0.5) is 5.82 Å². The van der Waals surface area contributed by atoms with Crippen LogP contribution in [0.1, 0.15) is 18.7 Å². The Labute approximate surface area is 104 Å². The van der Waals surface area contributed by atoms with E-state index >= 15 is 0 Å². The first-order valence-electron chi connectivity index (χ1n) is 5.32. The summed E-state index contributed by atoms with van der Waals surface area (Å²) in [5, 5.41) is 4.44. The normalized spacial score (nSPS) is 12.9. The molecule has 1 atom stereocenters. The number of nitrogens with zero attached hydrogens (tertiary/aromatic N) is 2. The summed E-state index contributed by atoms with van der Waals surface area (Å²) in [6.07, 6.45) is 2.63. The van der Waals surface area contributed by atoms with Crippen LogP contribution in [0, 0.1) is 0 Å². The van der Waals surface area contributed by atoms with Crippen molar-refractivity contribution in [3.05, 3.63) is 17.3 Å². The Kier molecular flexibility index (Phi) is 3.61. The molecule has 2 aromatic rings. The SMILES string of the molecule is CCc1cc2c(NCC(C)Cl)ncnc2s1. The maximum atomic E-state index is 5.91. The Morgan fingerprint density at radius 1 is 1.50 bits per heavy atom. The van der Waals surface area contributed by atoms with E-state index in [1.165, 1.54) is 4.88 Å². The number of nitrogens with one attached hydrogen (secondary N) is 1. The van der Waals surface area contributed by atoms with Gasteiger partial charge in [0, 0.05) is 16.8 Å². The molecule has 16 heavy (non-hydrogen) atoms. The summed E-state index contributed by atoms with van der Waals surface area (Å²) in [5.41, 5.74) is 0. The number of fused-ring (bicyclic) bond motifs is 1. The third kappa shape index (κ3) is 2.44. The molecule has 0 amide bonds. The molecule has 2 rings (SSSR count). The second-order valence-electron chi connectivity index (χ2n) is 3.67. The highest BCUT2D eigenvalue weighted by molar-refractivity contribution is 7.18. The molecular formula is C11H14ClN3S. The fraction of sp³-hybridized carbons (Fsp3) is 0.455. The van der Waals surface area contributed by atoms with Crippen LogP contribution in [-0.4, -0.2) is 21.9 Å². The molecule has 0 aliphatic rings. The molecule has 0 saturated heterocycles. The van der Waals surface area contributed by atoms with Gasteiger partial charge in [0.15, 0.2) is 0 Å². The lowest BCUT2D eigenvalue weighted by Gasteiger charge is -2.06. The van der Waals surface area contributed by atoms with Crippen LogP contribution in [-0.2, 0) is 6.42 Å². The van der Waals surface area contributed by atoms with Crippen molar-refractivity contribution < 1.29 is 0 Å². The van der Waals surface area contributed by atoms with Gasteiger partial charge in [-0.15, -0.1) is 22.9 Å². The number of rotatable bonds is 4. The summed E-state index contributed by atoms with van der Waals surface area (Å²) in [5.74, 6) is 0.883. The van der Waals surface area contributed by atoms with Crippen LogP contribution in [0.15, 0.2) is 12.4 Å². The van der Waals surface area contributed by atoms with Gasteiger partial charge < -0.3 is 5.32 Å². The van der Waals surface area contributed by atoms with Crippen LogP contribution >= 0.6 is 22.9 Å². The molecule has 0 aliphatic heterocycles. The van der Waals surface area contributed by atoms with Gasteiger partial charge in [-0.2, -0.15) is 0 Å². The van der Waals surface area contributed by atoms with E-state index in [1.54, 1.807) is 17.7 Å². The standard InChI is InChI=1S/C11H14ClN3S/c1-3-8-4-9-10(13-5-7(2)12)14-6-15-11(9)16-8/h4,6-7H,3,5H2,1-2H3,(H,13,14,15). The highest BCUT2D eigenvalue weighted by Crippen LogP contribution is 2.28. The summed E-state index contributed by atoms with van der Waals surface area (Å²) < 4.78 is 0. The van der Waals surface area contributed by atoms with E-state index in [0.29, 0.717) is 6.54 Å². The van der Waals surface area contributed by atoms with Crippen LogP contribution in [0.5, 0.6) is 0 Å². The highest BCUT2D eigenvalue weighted by Gasteiger charge is 2.08. The Balaban J connectivity index is 2.33. The van der Waals surface area contributed by atoms with Crippen molar-refractivity contribution in [2.45, 2.75) is 25.6 Å². The second kappa shape index (κ2) is 4.97. The first kappa shape index (κ1) is 11.6. The average Bonchev–Trinajstić information content (AvgIpc) is 2.69. The van der Waals surface area contributed by atoms with Gasteiger partial charge in [-0.25, -0.2) is 9.97 Å². The Morgan fingerprint density at radius 3 is 3.00 bits per heavy atom. The van der Waals surface area contributed by atoms with E-state index in [0.717, 1.165) is 22.5 Å². The van der Waals surface area contributed by atoms with E-state index in [2.05, 4.69) is 28.3 Å². The van der Waals surface area contributed by atoms with Crippen LogP contribution in [0.25, 0.3) is 10.2 Å². The molecule has 3 nitrogen and oxygen atoms in total. The van der Waals surface area contributed by atoms with Gasteiger partial charge in [0.25, 0.3) is 0 Å². The molecule has 1 N–H and O–H groups in total. The van der Waals surface area contributed by atoms with Gasteiger partial charge in [-0.1, -0.05) is 6.92 Å². The molecule has 5 heteroatoms. The molecular weight excluding hydrogens is 242 g/mol. The van der Waals surface area contributed by atoms with E-state index < -0.39 is 0 Å². The van der Waals surface area contributed by atoms with Crippen molar-refractivity contribution in [3.63, 3.8) is 0 Å². The molecule has 0 aromatic carbocycles. The predicted molar refractivity (Wildman–Crippen MR) is 70.6 cm³/mol. The van der Waals surface area contributed by atoms with Crippen molar-refractivity contribution >= 4 is 39.0 Å². The monoisotopic (exact) mass is 255 g/mol. The maximum Gasteiger partial charge on any atom is 0.138 e. The molecule has 0 fully saturated rings. The molecule has 86 valence electrons. The van der Waals surface area contributed by atoms with Crippen molar-refractivity contribution in [1.29, 1.82) is 0 Å². The van der Waals surface area contributed by atoms with E-state index in [9.17, 15) is 0 Å². The Hall–Kier alpha value is -0.870. The Bertz CT molecular complexity index is 481. The number of aryl methyl sites for hydroxylation is 1. The molecule has 2 aromatic heterocycles. The summed E-state index contributed by atoms with van der Waals surface area (Å²) in [7, 11) is 0. The van der Waals surface area contributed by atoms with Crippen LogP contribution in [0.3, 0.4) is 0 Å². The third-order valence-corrected chi connectivity index (χ3v) is 3.62. The molecule has 0 saturated carbocycles. The lowest BCUT2D eigenvalue weighted by atomic mass is 10.3. The highest BCUT2D eigenvalue weighted by atomic mass is 35.5. The van der Waals surface area contributed by atoms with Gasteiger partial charge in [0.05, 0.1) is 5.39 Å². The van der Waals surface area contributed by atoms with E-state index in [1.807, 2.05) is 6.92 Å². The molecule has 2 heterocycles. The topological polar surface area (TPSA) is 37.8 Å². The predicted octanol–water partition coefficient (Wildman–Crippen LogP) is 3.29. The number of hydrogen-bond acceptors (Lipinski definition) is 4. The van der Waals surface area contributed by atoms with Crippen molar-refractivity contribution in [1.82, 2.24) is 9.97 Å². The quantitative estimate of drug-likeness (QED) is 0.852. The largest absolute Gasteiger partial charge is 0.368 e. The minimum atomic E-state index is 0.0919. The summed E-state index contributed by atoms with van der Waals surface area (Å²) >= 11 is 7.63. The number of aromatic nitrogens is 2. The number of alkyl halides is 1. The van der Waals surface area contributed by atoms with Gasteiger partial charge >= 0.3 is 0 Å². The fourth-order valence-corrected chi connectivity index (χ4v) is 2.47. The van der Waals surface area contributed by atoms with Crippen molar-refractivity contribution in [2.24, 2.45) is 0 Å². The molecule has 0 bridgehead atoms. The second-order valence-corrected chi connectivity index (χ2v) is 5.53. The summed E-state index contributed by atoms with van der Waals surface area (Å²) in [6, 6.07) is 2.15. The number of anilines is 1. The van der Waals surface area contributed by atoms with Crippen molar-refractivity contribution in [2.75, 3.05) is 11.9 Å². The van der Waals surface area contributed by atoms with Crippen LogP contribution < -0.4 is 5.32 Å². The van der Waals surface area contributed by atoms with Gasteiger partial charge in [0.1, 0.15) is 17.0 Å². The first-order valence-corrected chi connectivity index (χ1v) is 6.57. The van der Waals surface area contributed by atoms with E-state index in [-0.39, 0.29) is 5.38 Å². The Morgan fingerprint density at radius 2 is 2.31 bits per heavy atom. The van der Waals surface area contributed by atoms with Crippen molar-refractivity contribution in [3.8, 4) is 0 Å². The fourth-order valence-electron chi connectivity index (χ4n) is 1.46. The number of thiophene rings is 1. The summed E-state index contributed by atoms with van der Waals surface area (Å²) in [6.45, 7) is 4.81. The first-order chi connectivity index (χ1) is 7.70. The molecule has 0 aliphatic carbocycles. The lowest BCUT2D eigenvalue weighted by Crippen LogP contribution is -2.11. The van der Waals surface area contributed by atoms with Crippen LogP contribution in [0.2, 0.25) is 0 Å². The molecule has 1 unspecified atom stereocenters. The zero-order valence-corrected chi connectivity index (χ0v) is 10.9. The van der Waals surface area contributed by atoms with Gasteiger partial charge in [-0.3, -0.25) is 0 Å². The van der Waals surface area contributed by atoms with E-state index in [4.69, 9.17) is 11.6 Å². The lowest BCUT2D eigenvalue weighted by molar-refractivity contribution is 0.978. The molecule has 0 radical (unpaired) electrons. The van der Waals surface area contributed by atoms with Gasteiger partial charge in [-0.05, 0) is 19.4 Å². The molecule has 0 spiro atoms. The number of hydrogen-bond donors (Lipinski definition) is 1. The summed E-state index contributed by atoms with van der Waals surface area (Å²) in [4.78, 5) is 10.9. The zero-order valence-electron chi connectivity index (χ0n) is 9.33. The average molecular weight is 256 g/mol. The smallest absolute Gasteiger partial charge is 0.138 e.